The number of nitrogen functional groups attached to an aromatic ring is 1. The van der Waals surface area contributed by atoms with Crippen molar-refractivity contribution in [1.29, 1.82) is 0 Å². The molecular weight excluding hydrogens is 506 g/mol. The van der Waals surface area contributed by atoms with Gasteiger partial charge in [0.15, 0.2) is 6.23 Å². The number of aliphatic hydroxyl groups excluding tert-OH is 3. The molecule has 0 spiro atoms. The van der Waals surface area contributed by atoms with Crippen LogP contribution in [0.5, 0.6) is 0 Å². The molecule has 1 amide bonds. The number of hydrogen-bond acceptors (Lipinski definition) is 13. The predicted molar refractivity (Wildman–Crippen MR) is 134 cm³/mol. The van der Waals surface area contributed by atoms with Crippen molar-refractivity contribution >= 4 is 11.7 Å². The van der Waals surface area contributed by atoms with Gasteiger partial charge in [-0.05, 0) is 12.8 Å². The molecule has 1 aromatic heterocycles. The van der Waals surface area contributed by atoms with Gasteiger partial charge in [0.25, 0.3) is 0 Å². The van der Waals surface area contributed by atoms with E-state index in [4.69, 9.17) is 35.2 Å². The predicted octanol–water partition coefficient (Wildman–Crippen LogP) is -3.10. The van der Waals surface area contributed by atoms with Gasteiger partial charge in [-0.25, -0.2) is 4.79 Å². The summed E-state index contributed by atoms with van der Waals surface area (Å²) < 4.78 is 27.7. The summed E-state index contributed by atoms with van der Waals surface area (Å²) in [4.78, 5) is 28.0. The van der Waals surface area contributed by atoms with E-state index in [9.17, 15) is 24.9 Å². The lowest BCUT2D eigenvalue weighted by Crippen LogP contribution is -2.36. The first-order valence-electron chi connectivity index (χ1n) is 12.7. The van der Waals surface area contributed by atoms with Crippen LogP contribution in [0.1, 0.15) is 24.6 Å². The van der Waals surface area contributed by atoms with Gasteiger partial charge in [0, 0.05) is 31.3 Å². The van der Waals surface area contributed by atoms with E-state index < -0.39 is 36.8 Å². The van der Waals surface area contributed by atoms with Gasteiger partial charge in [0.2, 0.25) is 5.91 Å². The van der Waals surface area contributed by atoms with Crippen LogP contribution in [0, 0.1) is 0 Å². The van der Waals surface area contributed by atoms with Gasteiger partial charge in [-0.1, -0.05) is 0 Å². The Balaban J connectivity index is 1.57. The molecule has 2 heterocycles. The van der Waals surface area contributed by atoms with Crippen molar-refractivity contribution in [3.63, 3.8) is 0 Å². The van der Waals surface area contributed by atoms with E-state index in [-0.39, 0.29) is 24.8 Å². The summed E-state index contributed by atoms with van der Waals surface area (Å²) in [6.07, 6.45) is -2.46. The number of aromatic nitrogens is 2. The molecule has 15 heteroatoms. The third-order valence-electron chi connectivity index (χ3n) is 5.65. The number of aryl methyl sites for hydroxylation is 1. The molecule has 0 aliphatic carbocycles. The molecule has 8 N–H and O–H groups in total. The molecule has 38 heavy (non-hydrogen) atoms. The molecule has 15 nitrogen and oxygen atoms in total. The van der Waals surface area contributed by atoms with Crippen molar-refractivity contribution in [2.24, 2.45) is 5.73 Å². The molecule has 0 saturated carbocycles. The van der Waals surface area contributed by atoms with Gasteiger partial charge in [0.1, 0.15) is 24.1 Å². The summed E-state index contributed by atoms with van der Waals surface area (Å²) >= 11 is 0. The van der Waals surface area contributed by atoms with Gasteiger partial charge in [-0.2, -0.15) is 4.98 Å². The number of hydrogen-bond donors (Lipinski definition) is 6. The maximum absolute atomic E-state index is 12.3. The minimum atomic E-state index is -1.41. The maximum atomic E-state index is 12.3. The topological polar surface area (TPSA) is 223 Å². The highest BCUT2D eigenvalue weighted by Gasteiger charge is 2.43. The molecule has 2 rings (SSSR count). The van der Waals surface area contributed by atoms with E-state index in [0.717, 1.165) is 4.57 Å². The third kappa shape index (κ3) is 10.9. The number of anilines is 1. The molecular formula is C23H41N5O10. The zero-order chi connectivity index (χ0) is 27.8. The molecule has 218 valence electrons. The minimum Gasteiger partial charge on any atom is -0.394 e. The first-order chi connectivity index (χ1) is 18.4. The summed E-state index contributed by atoms with van der Waals surface area (Å²) in [5, 5.41) is 32.2. The number of ether oxygens (including phenoxy) is 5. The highest BCUT2D eigenvalue weighted by molar-refractivity contribution is 5.75. The normalized spacial score (nSPS) is 21.2. The van der Waals surface area contributed by atoms with Crippen LogP contribution in [-0.4, -0.2) is 122 Å². The molecule has 1 unspecified atom stereocenters. The average molecular weight is 548 g/mol. The highest BCUT2D eigenvalue weighted by Crippen LogP contribution is 2.28. The second kappa shape index (κ2) is 18.1. The maximum Gasteiger partial charge on any atom is 0.351 e. The summed E-state index contributed by atoms with van der Waals surface area (Å²) in [6.45, 7) is 3.77. The van der Waals surface area contributed by atoms with E-state index in [2.05, 4.69) is 10.3 Å². The van der Waals surface area contributed by atoms with Gasteiger partial charge >= 0.3 is 5.69 Å². The number of aliphatic hydroxyl groups is 3. The Bertz CT molecular complexity index is 873. The van der Waals surface area contributed by atoms with Gasteiger partial charge < -0.3 is 55.8 Å². The fraction of sp³-hybridized carbons (Fsp3) is 0.783. The summed E-state index contributed by atoms with van der Waals surface area (Å²) in [5.41, 5.74) is 10.9. The van der Waals surface area contributed by atoms with E-state index in [1.165, 1.54) is 6.20 Å². The standard InChI is InChI=1S/C23H41N5O10/c24-4-7-35-9-11-37-13-12-36-10-8-34-6-3-18(30)26-5-1-2-16-14-28(23(33)27-21(16)25)22-20(32)19(31)17(15-29)38-22/h14,17,19-20,22,29,31-32H,1-13,15,24H2,(H,26,30)(H2,25,27,33)/t17-,19?,20+,22-/m1/s1. The smallest absolute Gasteiger partial charge is 0.351 e. The quantitative estimate of drug-likeness (QED) is 0.0891. The van der Waals surface area contributed by atoms with E-state index in [1.54, 1.807) is 0 Å². The number of nitrogens with zero attached hydrogens (tertiary/aromatic N) is 2. The molecule has 4 atom stereocenters. The third-order valence-corrected chi connectivity index (χ3v) is 5.65. The van der Waals surface area contributed by atoms with Gasteiger partial charge in [-0.3, -0.25) is 9.36 Å². The Morgan fingerprint density at radius 3 is 2.21 bits per heavy atom. The van der Waals surface area contributed by atoms with Gasteiger partial charge in [0.05, 0.1) is 59.5 Å². The number of nitrogens with two attached hydrogens (primary N) is 2. The Labute approximate surface area is 221 Å². The molecule has 1 aromatic rings. The molecule has 1 aliphatic heterocycles. The van der Waals surface area contributed by atoms with Crippen LogP contribution < -0.4 is 22.5 Å². The second-order valence-electron chi connectivity index (χ2n) is 8.51. The molecule has 0 aromatic carbocycles. The molecule has 1 aliphatic rings. The number of amides is 1. The van der Waals surface area contributed by atoms with Crippen molar-refractivity contribution in [3.8, 4) is 0 Å². The number of carbonyl (C=O) groups is 1. The summed E-state index contributed by atoms with van der Waals surface area (Å²) in [6, 6.07) is 0. The summed E-state index contributed by atoms with van der Waals surface area (Å²) in [7, 11) is 0. The number of carbonyl (C=O) groups excluding carboxylic acids is 1. The molecule has 0 bridgehead atoms. The zero-order valence-electron chi connectivity index (χ0n) is 21.5. The van der Waals surface area contributed by atoms with Crippen LogP contribution in [-0.2, 0) is 34.9 Å². The van der Waals surface area contributed by atoms with Crippen LogP contribution >= 0.6 is 0 Å². The first-order valence-corrected chi connectivity index (χ1v) is 12.7. The number of rotatable bonds is 20. The minimum absolute atomic E-state index is 0.0306. The average Bonchev–Trinajstić information content (AvgIpc) is 3.18. The zero-order valence-corrected chi connectivity index (χ0v) is 21.5. The van der Waals surface area contributed by atoms with Gasteiger partial charge in [-0.15, -0.1) is 0 Å². The number of nitrogens with one attached hydrogen (secondary N) is 1. The second-order valence-corrected chi connectivity index (χ2v) is 8.51. The molecule has 1 fully saturated rings. The van der Waals surface area contributed by atoms with Crippen LogP contribution in [0.15, 0.2) is 11.0 Å². The van der Waals surface area contributed by atoms with Crippen molar-refractivity contribution < 1.29 is 43.8 Å². The SMILES string of the molecule is NCCOCCOCCOCCOCCC(=O)NCCCc1cn([C@@H]2O[C@H](CO)C(O)[C@@H]2O)c(=O)nc1N. The highest BCUT2D eigenvalue weighted by atomic mass is 16.6. The fourth-order valence-corrected chi connectivity index (χ4v) is 3.61. The van der Waals surface area contributed by atoms with E-state index >= 15 is 0 Å². The van der Waals surface area contributed by atoms with Crippen LogP contribution in [0.4, 0.5) is 5.82 Å². The van der Waals surface area contributed by atoms with Crippen LogP contribution in [0.3, 0.4) is 0 Å². The fourth-order valence-electron chi connectivity index (χ4n) is 3.61. The summed E-state index contributed by atoms with van der Waals surface area (Å²) in [5.74, 6) is -0.137. The Kier molecular flexibility index (Phi) is 15.3. The van der Waals surface area contributed by atoms with Crippen LogP contribution in [0.25, 0.3) is 0 Å². The van der Waals surface area contributed by atoms with Crippen molar-refractivity contribution in [2.75, 3.05) is 78.3 Å². The van der Waals surface area contributed by atoms with E-state index in [0.29, 0.717) is 77.7 Å². The Morgan fingerprint density at radius 2 is 1.63 bits per heavy atom. The first kappa shape index (κ1) is 32.0. The largest absolute Gasteiger partial charge is 0.394 e. The van der Waals surface area contributed by atoms with Crippen molar-refractivity contribution in [2.45, 2.75) is 43.8 Å². The lowest BCUT2D eigenvalue weighted by atomic mass is 10.1. The lowest BCUT2D eigenvalue weighted by Gasteiger charge is -2.18. The Morgan fingerprint density at radius 1 is 1.03 bits per heavy atom. The van der Waals surface area contributed by atoms with E-state index in [1.807, 2.05) is 0 Å². The monoisotopic (exact) mass is 547 g/mol. The molecule has 1 saturated heterocycles. The van der Waals surface area contributed by atoms with Crippen molar-refractivity contribution in [1.82, 2.24) is 14.9 Å². The van der Waals surface area contributed by atoms with Crippen molar-refractivity contribution in [3.05, 3.63) is 22.2 Å². The molecule has 0 radical (unpaired) electrons. The lowest BCUT2D eigenvalue weighted by molar-refractivity contribution is -0.122. The Hall–Kier alpha value is -2.21. The van der Waals surface area contributed by atoms with Crippen LogP contribution in [0.2, 0.25) is 0 Å².